The monoisotopic (exact) mass is 435 g/mol. The molecule has 6 heteroatoms. The third kappa shape index (κ3) is 3.86. The molecule has 1 aliphatic carbocycles. The normalized spacial score (nSPS) is 21.4. The fourth-order valence-corrected chi connectivity index (χ4v) is 6.37. The Bertz CT molecular complexity index is 1190. The summed E-state index contributed by atoms with van der Waals surface area (Å²) in [4.78, 5) is 33.3. The van der Waals surface area contributed by atoms with Gasteiger partial charge in [0, 0.05) is 19.1 Å². The Hall–Kier alpha value is -2.34. The first kappa shape index (κ1) is 20.6. The molecule has 1 amide bonds. The molecule has 31 heavy (non-hydrogen) atoms. The molecule has 2 fully saturated rings. The van der Waals surface area contributed by atoms with Crippen LogP contribution in [0.5, 0.6) is 0 Å². The number of nitrogens with zero attached hydrogens (tertiary/aromatic N) is 3. The zero-order chi connectivity index (χ0) is 21.4. The van der Waals surface area contributed by atoms with Crippen LogP contribution in [0.1, 0.15) is 45.4 Å². The molecule has 2 aromatic carbocycles. The Morgan fingerprint density at radius 1 is 1.10 bits per heavy atom. The molecule has 0 spiro atoms. The Morgan fingerprint density at radius 2 is 1.84 bits per heavy atom. The second-order valence-corrected chi connectivity index (χ2v) is 9.73. The Morgan fingerprint density at radius 3 is 2.65 bits per heavy atom. The van der Waals surface area contributed by atoms with Gasteiger partial charge in [0.2, 0.25) is 5.91 Å². The number of carbonyl (C=O) groups is 1. The Labute approximate surface area is 186 Å². The molecule has 1 saturated heterocycles. The standard InChI is InChI=1S/C25H29N3O2S/c1-2-27-24(30)20-14-18-9-3-4-10-19(18)15-21(20)26-25(27)31-16-23(29)28-13-7-11-17-8-5-6-12-22(17)28/h3-4,9-10,14-15,17,22H,2,5-8,11-13,16H2,1H3. The predicted molar refractivity (Wildman–Crippen MR) is 127 cm³/mol. The number of thioether (sulfide) groups is 1. The highest BCUT2D eigenvalue weighted by Crippen LogP contribution is 2.35. The minimum absolute atomic E-state index is 0.0291. The SMILES string of the molecule is CCn1c(SCC(=O)N2CCCC3CCCCC32)nc2cc3ccccc3cc2c1=O. The van der Waals surface area contributed by atoms with Crippen LogP contribution in [0.3, 0.4) is 0 Å². The molecule has 5 nitrogen and oxygen atoms in total. The Kier molecular flexibility index (Phi) is 5.74. The first-order chi connectivity index (χ1) is 15.2. The predicted octanol–water partition coefficient (Wildman–Crippen LogP) is 4.84. The molecule has 0 bridgehead atoms. The topological polar surface area (TPSA) is 55.2 Å². The quantitative estimate of drug-likeness (QED) is 0.334. The van der Waals surface area contributed by atoms with E-state index in [4.69, 9.17) is 4.98 Å². The van der Waals surface area contributed by atoms with Gasteiger partial charge in [-0.25, -0.2) is 4.98 Å². The van der Waals surface area contributed by atoms with Crippen molar-refractivity contribution in [2.75, 3.05) is 12.3 Å². The number of piperidine rings is 1. The van der Waals surface area contributed by atoms with Crippen LogP contribution in [0.4, 0.5) is 0 Å². The first-order valence-corrected chi connectivity index (χ1v) is 12.5. The highest BCUT2D eigenvalue weighted by molar-refractivity contribution is 7.99. The molecule has 1 aliphatic heterocycles. The average molecular weight is 436 g/mol. The number of rotatable bonds is 4. The number of hydrogen-bond donors (Lipinski definition) is 0. The van der Waals surface area contributed by atoms with E-state index < -0.39 is 0 Å². The number of amides is 1. The van der Waals surface area contributed by atoms with Gasteiger partial charge in [-0.05, 0) is 61.4 Å². The first-order valence-electron chi connectivity index (χ1n) is 11.5. The maximum absolute atomic E-state index is 13.2. The molecule has 2 atom stereocenters. The fraction of sp³-hybridized carbons (Fsp3) is 0.480. The lowest BCUT2D eigenvalue weighted by Crippen LogP contribution is -2.50. The van der Waals surface area contributed by atoms with Crippen molar-refractivity contribution in [1.29, 1.82) is 0 Å². The van der Waals surface area contributed by atoms with Crippen LogP contribution in [0.25, 0.3) is 21.7 Å². The lowest BCUT2D eigenvalue weighted by Gasteiger charge is -2.44. The van der Waals surface area contributed by atoms with Crippen molar-refractivity contribution in [3.8, 4) is 0 Å². The highest BCUT2D eigenvalue weighted by atomic mass is 32.2. The zero-order valence-corrected chi connectivity index (χ0v) is 18.9. The van der Waals surface area contributed by atoms with Crippen LogP contribution in [0.15, 0.2) is 46.3 Å². The number of hydrogen-bond acceptors (Lipinski definition) is 4. The summed E-state index contributed by atoms with van der Waals surface area (Å²) in [5.74, 6) is 1.21. The van der Waals surface area contributed by atoms with E-state index in [0.717, 1.165) is 30.2 Å². The summed E-state index contributed by atoms with van der Waals surface area (Å²) >= 11 is 1.41. The van der Waals surface area contributed by atoms with Gasteiger partial charge in [-0.1, -0.05) is 48.9 Å². The summed E-state index contributed by atoms with van der Waals surface area (Å²) in [6.45, 7) is 3.37. The molecule has 1 saturated carbocycles. The molecule has 5 rings (SSSR count). The van der Waals surface area contributed by atoms with E-state index in [1.165, 1.54) is 37.4 Å². The lowest BCUT2D eigenvalue weighted by molar-refractivity contribution is -0.134. The molecule has 2 unspecified atom stereocenters. The van der Waals surface area contributed by atoms with Crippen molar-refractivity contribution in [3.05, 3.63) is 46.8 Å². The van der Waals surface area contributed by atoms with E-state index in [1.54, 1.807) is 4.57 Å². The number of carbonyl (C=O) groups excluding carboxylic acids is 1. The van der Waals surface area contributed by atoms with Gasteiger partial charge in [0.1, 0.15) is 0 Å². The highest BCUT2D eigenvalue weighted by Gasteiger charge is 2.35. The van der Waals surface area contributed by atoms with E-state index in [2.05, 4.69) is 4.90 Å². The van der Waals surface area contributed by atoms with Gasteiger partial charge in [-0.3, -0.25) is 14.2 Å². The smallest absolute Gasteiger partial charge is 0.262 e. The number of likely N-dealkylation sites (tertiary alicyclic amines) is 1. The van der Waals surface area contributed by atoms with E-state index >= 15 is 0 Å². The van der Waals surface area contributed by atoms with Crippen molar-refractivity contribution < 1.29 is 4.79 Å². The summed E-state index contributed by atoms with van der Waals surface area (Å²) in [6, 6.07) is 12.4. The third-order valence-corrected chi connectivity index (χ3v) is 7.95. The molecule has 2 aliphatic rings. The second kappa shape index (κ2) is 8.65. The van der Waals surface area contributed by atoms with Crippen molar-refractivity contribution in [2.45, 2.75) is 63.2 Å². The van der Waals surface area contributed by atoms with Crippen LogP contribution in [0.2, 0.25) is 0 Å². The number of fused-ring (bicyclic) bond motifs is 3. The molecular weight excluding hydrogens is 406 g/mol. The lowest BCUT2D eigenvalue weighted by atomic mass is 9.78. The van der Waals surface area contributed by atoms with Crippen molar-refractivity contribution >= 4 is 39.3 Å². The third-order valence-electron chi connectivity index (χ3n) is 6.99. The van der Waals surface area contributed by atoms with Gasteiger partial charge < -0.3 is 4.90 Å². The minimum atomic E-state index is -0.0291. The van der Waals surface area contributed by atoms with E-state index in [0.29, 0.717) is 40.3 Å². The number of aromatic nitrogens is 2. The van der Waals surface area contributed by atoms with E-state index in [-0.39, 0.29) is 11.5 Å². The Balaban J connectivity index is 1.42. The molecule has 2 heterocycles. The molecule has 3 aromatic rings. The van der Waals surface area contributed by atoms with Gasteiger partial charge in [0.25, 0.3) is 5.56 Å². The van der Waals surface area contributed by atoms with Gasteiger partial charge in [-0.2, -0.15) is 0 Å². The summed E-state index contributed by atoms with van der Waals surface area (Å²) in [5.41, 5.74) is 0.673. The van der Waals surface area contributed by atoms with Gasteiger partial charge >= 0.3 is 0 Å². The van der Waals surface area contributed by atoms with E-state index in [1.807, 2.05) is 43.3 Å². The van der Waals surface area contributed by atoms with Crippen LogP contribution < -0.4 is 5.56 Å². The van der Waals surface area contributed by atoms with Crippen molar-refractivity contribution in [2.24, 2.45) is 5.92 Å². The number of benzene rings is 2. The van der Waals surface area contributed by atoms with E-state index in [9.17, 15) is 9.59 Å². The van der Waals surface area contributed by atoms with Crippen LogP contribution in [-0.2, 0) is 11.3 Å². The maximum atomic E-state index is 13.2. The van der Waals surface area contributed by atoms with Gasteiger partial charge in [0.05, 0.1) is 16.7 Å². The molecule has 0 radical (unpaired) electrons. The molecular formula is C25H29N3O2S. The van der Waals surface area contributed by atoms with Crippen LogP contribution >= 0.6 is 11.8 Å². The molecule has 0 N–H and O–H groups in total. The summed E-state index contributed by atoms with van der Waals surface area (Å²) in [7, 11) is 0. The average Bonchev–Trinajstić information content (AvgIpc) is 2.81. The van der Waals surface area contributed by atoms with Crippen LogP contribution in [0, 0.1) is 5.92 Å². The van der Waals surface area contributed by atoms with Crippen molar-refractivity contribution in [3.63, 3.8) is 0 Å². The van der Waals surface area contributed by atoms with Crippen LogP contribution in [-0.4, -0.2) is 38.7 Å². The fourth-order valence-electron chi connectivity index (χ4n) is 5.42. The molecule has 162 valence electrons. The summed E-state index contributed by atoms with van der Waals surface area (Å²) in [6.07, 6.45) is 7.30. The molecule has 1 aromatic heterocycles. The largest absolute Gasteiger partial charge is 0.339 e. The minimum Gasteiger partial charge on any atom is -0.339 e. The maximum Gasteiger partial charge on any atom is 0.262 e. The second-order valence-electron chi connectivity index (χ2n) is 8.79. The van der Waals surface area contributed by atoms with Gasteiger partial charge in [0.15, 0.2) is 5.16 Å². The van der Waals surface area contributed by atoms with Crippen molar-refractivity contribution in [1.82, 2.24) is 14.5 Å². The summed E-state index contributed by atoms with van der Waals surface area (Å²) < 4.78 is 1.70. The summed E-state index contributed by atoms with van der Waals surface area (Å²) in [5, 5.41) is 3.39. The zero-order valence-electron chi connectivity index (χ0n) is 18.0. The van der Waals surface area contributed by atoms with Gasteiger partial charge in [-0.15, -0.1) is 0 Å².